The number of ether oxygens (including phenoxy) is 2. The highest BCUT2D eigenvalue weighted by Gasteiger charge is 2.43. The molecule has 23 N–H and O–H groups in total. The largest absolute Gasteiger partial charge is 0.508 e. The molecule has 1 aromatic carbocycles. The van der Waals surface area contributed by atoms with Crippen LogP contribution in [0.15, 0.2) is 24.3 Å². The van der Waals surface area contributed by atoms with Crippen molar-refractivity contribution in [3.8, 4) is 5.75 Å². The minimum atomic E-state index is -2.65. The average Bonchev–Trinajstić information content (AvgIpc) is 3.41. The first kappa shape index (κ1) is 72.1. The number of phenolic OH excluding ortho intramolecular Hbond substituents is 1. The van der Waals surface area contributed by atoms with Crippen LogP contribution in [0.3, 0.4) is 0 Å². The van der Waals surface area contributed by atoms with Gasteiger partial charge in [-0.15, -0.1) is 0 Å². The van der Waals surface area contributed by atoms with Crippen molar-refractivity contribution in [3.63, 3.8) is 0 Å². The smallest absolute Gasteiger partial charge is 0.248 e. The molecule has 0 aromatic heterocycles. The fourth-order valence-electron chi connectivity index (χ4n) is 9.02. The fraction of sp³-hybridized carbons (Fsp3) is 0.673. The molecule has 1 aromatic rings. The second kappa shape index (κ2) is 35.9. The van der Waals surface area contributed by atoms with E-state index in [1.165, 1.54) is 0 Å². The second-order valence-electron chi connectivity index (χ2n) is 20.9. The summed E-state index contributed by atoms with van der Waals surface area (Å²) >= 11 is 0. The van der Waals surface area contributed by atoms with Gasteiger partial charge >= 0.3 is 0 Å². The number of nitrogens with two attached hydrogens (primary N) is 3. The Kier molecular flexibility index (Phi) is 30.5. The fourth-order valence-corrected chi connectivity index (χ4v) is 9.02. The summed E-state index contributed by atoms with van der Waals surface area (Å²) in [5, 5.41) is 114. The normalized spacial score (nSPS) is 27.4. The van der Waals surface area contributed by atoms with E-state index in [1.54, 1.807) is 0 Å². The Hall–Kier alpha value is -7.21. The zero-order valence-electron chi connectivity index (χ0n) is 47.1. The van der Waals surface area contributed by atoms with Gasteiger partial charge in [-0.1, -0.05) is 76.8 Å². The molecule has 85 heavy (non-hydrogen) atoms. The maximum absolute atomic E-state index is 14.2. The van der Waals surface area contributed by atoms with E-state index >= 15 is 0 Å². The molecular formula is C52H83N11O22. The van der Waals surface area contributed by atoms with Gasteiger partial charge in [-0.05, 0) is 37.5 Å². The zero-order chi connectivity index (χ0) is 63.7. The maximum Gasteiger partial charge on any atom is 0.248 e. The average molecular weight is 1210 g/mol. The second-order valence-corrected chi connectivity index (χ2v) is 20.9. The molecule has 3 rings (SSSR count). The maximum atomic E-state index is 14.2. The van der Waals surface area contributed by atoms with E-state index in [2.05, 4.69) is 38.8 Å². The number of nitrogens with one attached hydrogen (secondary N) is 8. The molecule has 2 aliphatic heterocycles. The van der Waals surface area contributed by atoms with Gasteiger partial charge in [0.05, 0.1) is 44.8 Å². The SMILES string of the molecule is CCCCCCCCCCC[C@H](O[C@H]1OC[C@@H](O)[C@H](O)[C@H]1O)[C@H](O)[C@H](O)C[C@@H]1CC(=O)N[C@@H](C)C(=O)N[C@H]([C@H](O)c2ccc(O)cc2)C(=O)N[C@H](CC(N)=O)C(=O)NCC(=O)N[C@@H](CC(N)=O)C(=O)N[C@@H](CO)C(=O)N[C@@H]([C@H](O)C(N)=O)C(=O)N1. The Morgan fingerprint density at radius 3 is 1.76 bits per heavy atom. The van der Waals surface area contributed by atoms with E-state index in [9.17, 15) is 98.7 Å². The summed E-state index contributed by atoms with van der Waals surface area (Å²) in [5.41, 5.74) is 15.9. The molecule has 0 spiro atoms. The van der Waals surface area contributed by atoms with Gasteiger partial charge in [-0.3, -0.25) is 52.7 Å². The third kappa shape index (κ3) is 24.0. The van der Waals surface area contributed by atoms with Crippen LogP contribution in [0.25, 0.3) is 0 Å². The highest BCUT2D eigenvalue weighted by atomic mass is 16.7. The van der Waals surface area contributed by atoms with Crippen LogP contribution in [0, 0.1) is 0 Å². The van der Waals surface area contributed by atoms with Crippen LogP contribution < -0.4 is 59.7 Å². The van der Waals surface area contributed by atoms with Gasteiger partial charge in [0.15, 0.2) is 12.4 Å². The van der Waals surface area contributed by atoms with Gasteiger partial charge in [0, 0.05) is 12.5 Å². The van der Waals surface area contributed by atoms with Crippen LogP contribution in [0.1, 0.15) is 115 Å². The number of unbranched alkanes of at least 4 members (excludes halogenated alkanes) is 8. The summed E-state index contributed by atoms with van der Waals surface area (Å²) in [5.74, 6) is -15.2. The predicted molar refractivity (Wildman–Crippen MR) is 291 cm³/mol. The molecule has 2 heterocycles. The van der Waals surface area contributed by atoms with Gasteiger partial charge in [0.25, 0.3) is 0 Å². The number of carbonyl (C=O) groups excluding carboxylic acids is 11. The van der Waals surface area contributed by atoms with E-state index in [-0.39, 0.29) is 17.7 Å². The monoisotopic (exact) mass is 1210 g/mol. The van der Waals surface area contributed by atoms with Crippen LogP contribution in [-0.4, -0.2) is 222 Å². The van der Waals surface area contributed by atoms with Crippen LogP contribution >= 0.6 is 0 Å². The van der Waals surface area contributed by atoms with Crippen molar-refractivity contribution in [3.05, 3.63) is 29.8 Å². The van der Waals surface area contributed by atoms with Crippen molar-refractivity contribution in [2.75, 3.05) is 19.8 Å². The molecule has 33 heteroatoms. The van der Waals surface area contributed by atoms with Gasteiger partial charge in [-0.2, -0.15) is 0 Å². The third-order valence-corrected chi connectivity index (χ3v) is 13.9. The summed E-state index contributed by atoms with van der Waals surface area (Å²) in [6, 6.07) is -9.71. The van der Waals surface area contributed by atoms with Crippen molar-refractivity contribution in [1.29, 1.82) is 0 Å². The lowest BCUT2D eigenvalue weighted by Gasteiger charge is -2.38. The van der Waals surface area contributed by atoms with Crippen LogP contribution in [0.4, 0.5) is 0 Å². The summed E-state index contributed by atoms with van der Waals surface area (Å²) in [4.78, 5) is 147. The van der Waals surface area contributed by atoms with Crippen molar-refractivity contribution in [1.82, 2.24) is 42.5 Å². The lowest BCUT2D eigenvalue weighted by Crippen LogP contribution is -2.63. The Morgan fingerprint density at radius 1 is 0.647 bits per heavy atom. The number of aliphatic hydroxyl groups is 8. The van der Waals surface area contributed by atoms with Crippen LogP contribution in [0.5, 0.6) is 5.75 Å². The first-order valence-corrected chi connectivity index (χ1v) is 27.8. The minimum absolute atomic E-state index is 0.0278. The molecule has 0 radical (unpaired) electrons. The first-order valence-electron chi connectivity index (χ1n) is 27.8. The van der Waals surface area contributed by atoms with Gasteiger partial charge in [0.1, 0.15) is 72.5 Å². The van der Waals surface area contributed by atoms with Crippen molar-refractivity contribution in [2.24, 2.45) is 17.2 Å². The Balaban J connectivity index is 2.14. The number of carbonyl (C=O) groups is 11. The van der Waals surface area contributed by atoms with Gasteiger partial charge in [-0.25, -0.2) is 0 Å². The van der Waals surface area contributed by atoms with Crippen LogP contribution in [0.2, 0.25) is 0 Å². The quantitative estimate of drug-likeness (QED) is 0.0404. The molecule has 0 bridgehead atoms. The van der Waals surface area contributed by atoms with E-state index in [0.717, 1.165) is 76.1 Å². The lowest BCUT2D eigenvalue weighted by molar-refractivity contribution is -0.293. The molecule has 0 aliphatic carbocycles. The molecule has 0 unspecified atom stereocenters. The molecule has 11 amide bonds. The molecule has 2 saturated heterocycles. The molecular weight excluding hydrogens is 1130 g/mol. The molecule has 478 valence electrons. The van der Waals surface area contributed by atoms with Crippen LogP contribution in [-0.2, 0) is 62.2 Å². The summed E-state index contributed by atoms with van der Waals surface area (Å²) in [6.45, 7) is 0.258. The molecule has 2 fully saturated rings. The Labute approximate surface area is 488 Å². The minimum Gasteiger partial charge on any atom is -0.508 e. The molecule has 2 aliphatic rings. The van der Waals surface area contributed by atoms with E-state index < -0.39 is 208 Å². The van der Waals surface area contributed by atoms with E-state index in [0.29, 0.717) is 12.8 Å². The van der Waals surface area contributed by atoms with E-state index in [4.69, 9.17) is 26.7 Å². The number of aromatic hydroxyl groups is 1. The highest BCUT2D eigenvalue weighted by molar-refractivity contribution is 6.00. The first-order chi connectivity index (χ1) is 40.1. The molecule has 0 saturated carbocycles. The topological polar surface area (TPSA) is 563 Å². The molecule has 16 atom stereocenters. The number of amides is 11. The standard InChI is InChI=1S/C52H83N11O22/c1-3-4-5-6-7-8-9-10-11-12-33(85-52-44(76)42(74)32(67)23-84-52)41(73)31(66)17-26-18-36(70)57-24(2)46(78)62-38(40(72)25-13-15-27(65)16-14-25)51(83)60-28(19-34(53)68)47(79)56-21-37(71)59-29(20-35(54)69)48(80)61-30(22-64)49(81)63-39(50(82)58-26)43(75)45(55)77/h13-16,24,26,28-33,38-44,52,64-67,72-76H,3-12,17-23H2,1-2H3,(H2,53,68)(H2,54,69)(H2,55,77)(H,56,79)(H,57,70)(H,58,82)(H,59,71)(H,60,83)(H,61,80)(H,62,78)(H,63,81)/t24-,26+,28+,29-,30-,31+,32+,33-,38+,39-,40+,41+,42-,43-,44+,52+/m0/s1. The highest BCUT2D eigenvalue weighted by Crippen LogP contribution is 2.25. The summed E-state index contributed by atoms with van der Waals surface area (Å²) in [7, 11) is 0. The van der Waals surface area contributed by atoms with E-state index in [1.807, 2.05) is 10.6 Å². The third-order valence-electron chi connectivity index (χ3n) is 13.9. The Morgan fingerprint density at radius 2 is 1.19 bits per heavy atom. The number of phenols is 1. The van der Waals surface area contributed by atoms with Gasteiger partial charge in [0.2, 0.25) is 65.0 Å². The predicted octanol–water partition coefficient (Wildman–Crippen LogP) is -8.19. The van der Waals surface area contributed by atoms with Gasteiger partial charge < -0.3 is 115 Å². The number of benzene rings is 1. The number of hydrogen-bond donors (Lipinski definition) is 20. The lowest BCUT2D eigenvalue weighted by atomic mass is 9.94. The van der Waals surface area contributed by atoms with Crippen molar-refractivity contribution >= 4 is 65.0 Å². The summed E-state index contributed by atoms with van der Waals surface area (Å²) in [6.07, 6.45) is -13.0. The zero-order valence-corrected chi connectivity index (χ0v) is 47.1. The number of primary amides is 3. The summed E-state index contributed by atoms with van der Waals surface area (Å²) < 4.78 is 11.3. The van der Waals surface area contributed by atoms with Crippen molar-refractivity contribution in [2.45, 2.75) is 201 Å². The number of hydrogen-bond acceptors (Lipinski definition) is 22. The number of aliphatic hydroxyl groups excluding tert-OH is 8. The molecule has 33 nitrogen and oxygen atoms in total. The van der Waals surface area contributed by atoms with Crippen molar-refractivity contribution < 1.29 is 108 Å². The Bertz CT molecular complexity index is 2430. The number of rotatable bonds is 25.